The summed E-state index contributed by atoms with van der Waals surface area (Å²) in [6.45, 7) is 4.17. The maximum absolute atomic E-state index is 11.8. The molecular formula is C13H14O5. The van der Waals surface area contributed by atoms with Crippen LogP contribution in [0, 0.1) is 0 Å². The summed E-state index contributed by atoms with van der Waals surface area (Å²) in [6, 6.07) is 5.63. The Morgan fingerprint density at radius 2 is 1.78 bits per heavy atom. The first-order valence-electron chi connectivity index (χ1n) is 5.58. The number of hydrogen-bond acceptors (Lipinski definition) is 4. The Labute approximate surface area is 104 Å². The second kappa shape index (κ2) is 4.42. The molecule has 18 heavy (non-hydrogen) atoms. The summed E-state index contributed by atoms with van der Waals surface area (Å²) in [4.78, 5) is 22.5. The van der Waals surface area contributed by atoms with Crippen LogP contribution in [0.3, 0.4) is 0 Å². The molecule has 0 aromatic heterocycles. The van der Waals surface area contributed by atoms with Crippen molar-refractivity contribution in [3.05, 3.63) is 35.4 Å². The van der Waals surface area contributed by atoms with Crippen LogP contribution >= 0.6 is 0 Å². The highest BCUT2D eigenvalue weighted by Crippen LogP contribution is 2.28. The highest BCUT2D eigenvalue weighted by Gasteiger charge is 2.42. The number of carbonyl (C=O) groups excluding carboxylic acids is 1. The molecule has 1 saturated heterocycles. The van der Waals surface area contributed by atoms with Crippen molar-refractivity contribution in [2.45, 2.75) is 25.6 Å². The van der Waals surface area contributed by atoms with E-state index in [1.54, 1.807) is 13.8 Å². The smallest absolute Gasteiger partial charge is 0.338 e. The summed E-state index contributed by atoms with van der Waals surface area (Å²) in [5, 5.41) is 8.75. The van der Waals surface area contributed by atoms with E-state index in [-0.39, 0.29) is 11.7 Å². The van der Waals surface area contributed by atoms with Gasteiger partial charge in [0.1, 0.15) is 11.7 Å². The van der Waals surface area contributed by atoms with Gasteiger partial charge >= 0.3 is 11.9 Å². The number of aromatic carboxylic acids is 1. The Balaban J connectivity index is 2.06. The topological polar surface area (TPSA) is 76.1 Å². The molecule has 1 heterocycles. The molecule has 96 valence electrons. The predicted molar refractivity (Wildman–Crippen MR) is 62.6 cm³/mol. The van der Waals surface area contributed by atoms with Gasteiger partial charge in [-0.15, -0.1) is 0 Å². The Morgan fingerprint density at radius 1 is 1.28 bits per heavy atom. The van der Waals surface area contributed by atoms with E-state index in [0.29, 0.717) is 12.2 Å². The normalized spacial score (nSPS) is 18.2. The van der Waals surface area contributed by atoms with E-state index in [2.05, 4.69) is 0 Å². The third-order valence-electron chi connectivity index (χ3n) is 2.83. The molecule has 2 rings (SSSR count). The second-order valence-corrected chi connectivity index (χ2v) is 4.70. The Kier molecular flexibility index (Phi) is 3.09. The van der Waals surface area contributed by atoms with E-state index >= 15 is 0 Å². The van der Waals surface area contributed by atoms with Gasteiger partial charge in [0.2, 0.25) is 0 Å². The number of carboxylic acids is 1. The zero-order chi connectivity index (χ0) is 13.3. The van der Waals surface area contributed by atoms with Crippen LogP contribution in [0.5, 0.6) is 0 Å². The summed E-state index contributed by atoms with van der Waals surface area (Å²) in [5.74, 6) is -1.51. The van der Waals surface area contributed by atoms with Gasteiger partial charge in [0.25, 0.3) is 0 Å². The van der Waals surface area contributed by atoms with Gasteiger partial charge in [0.05, 0.1) is 17.7 Å². The first-order valence-corrected chi connectivity index (χ1v) is 5.58. The van der Waals surface area contributed by atoms with Crippen LogP contribution in [0.2, 0.25) is 0 Å². The van der Waals surface area contributed by atoms with Crippen LogP contribution in [-0.2, 0) is 9.47 Å². The van der Waals surface area contributed by atoms with Gasteiger partial charge in [0.15, 0.2) is 0 Å². The monoisotopic (exact) mass is 250 g/mol. The first kappa shape index (κ1) is 12.6. The summed E-state index contributed by atoms with van der Waals surface area (Å²) in [7, 11) is 0. The van der Waals surface area contributed by atoms with Crippen molar-refractivity contribution >= 4 is 11.9 Å². The molecule has 5 nitrogen and oxygen atoms in total. The number of epoxide rings is 1. The van der Waals surface area contributed by atoms with Crippen molar-refractivity contribution in [2.24, 2.45) is 0 Å². The number of hydrogen-bond donors (Lipinski definition) is 1. The second-order valence-electron chi connectivity index (χ2n) is 4.70. The summed E-state index contributed by atoms with van der Waals surface area (Å²) in [5.41, 5.74) is -0.201. The molecule has 0 spiro atoms. The van der Waals surface area contributed by atoms with Crippen molar-refractivity contribution < 1.29 is 24.2 Å². The summed E-state index contributed by atoms with van der Waals surface area (Å²) < 4.78 is 10.4. The maximum Gasteiger partial charge on any atom is 0.338 e. The lowest BCUT2D eigenvalue weighted by molar-refractivity contribution is -0.0132. The number of carboxylic acid groups (broad SMARTS) is 1. The van der Waals surface area contributed by atoms with Crippen molar-refractivity contribution in [3.8, 4) is 0 Å². The zero-order valence-electron chi connectivity index (χ0n) is 10.2. The lowest BCUT2D eigenvalue weighted by atomic mass is 10.1. The molecule has 1 atom stereocenters. The molecule has 0 radical (unpaired) electrons. The molecular weight excluding hydrogens is 236 g/mol. The van der Waals surface area contributed by atoms with Crippen LogP contribution < -0.4 is 0 Å². The SMILES string of the molecule is CC(C)(OC(=O)c1ccc(C(=O)O)cc1)C1CO1. The van der Waals surface area contributed by atoms with Crippen LogP contribution in [0.25, 0.3) is 0 Å². The molecule has 0 aliphatic carbocycles. The first-order chi connectivity index (χ1) is 8.40. The number of rotatable bonds is 4. The quantitative estimate of drug-likeness (QED) is 0.650. The Hall–Kier alpha value is -1.88. The number of esters is 1. The van der Waals surface area contributed by atoms with Gasteiger partial charge in [-0.3, -0.25) is 0 Å². The average molecular weight is 250 g/mol. The summed E-state index contributed by atoms with van der Waals surface area (Å²) in [6.07, 6.45) is -0.0558. The zero-order valence-corrected chi connectivity index (χ0v) is 10.2. The molecule has 0 saturated carbocycles. The predicted octanol–water partition coefficient (Wildman–Crippen LogP) is 1.72. The van der Waals surface area contributed by atoms with E-state index in [0.717, 1.165) is 0 Å². The molecule has 1 aliphatic rings. The molecule has 1 N–H and O–H groups in total. The molecule has 1 unspecified atom stereocenters. The number of benzene rings is 1. The van der Waals surface area contributed by atoms with Crippen molar-refractivity contribution in [1.29, 1.82) is 0 Å². The van der Waals surface area contributed by atoms with E-state index in [1.807, 2.05) is 0 Å². The minimum atomic E-state index is -1.03. The van der Waals surface area contributed by atoms with Crippen LogP contribution in [0.1, 0.15) is 34.6 Å². The van der Waals surface area contributed by atoms with E-state index in [9.17, 15) is 9.59 Å². The minimum absolute atomic E-state index is 0.0558. The third-order valence-corrected chi connectivity index (χ3v) is 2.83. The Morgan fingerprint density at radius 3 is 2.22 bits per heavy atom. The number of ether oxygens (including phenoxy) is 2. The Bertz CT molecular complexity index is 471. The molecule has 5 heteroatoms. The van der Waals surface area contributed by atoms with Crippen LogP contribution in [0.4, 0.5) is 0 Å². The van der Waals surface area contributed by atoms with Crippen molar-refractivity contribution in [3.63, 3.8) is 0 Å². The minimum Gasteiger partial charge on any atom is -0.478 e. The molecule has 0 amide bonds. The van der Waals surface area contributed by atoms with Gasteiger partial charge in [-0.2, -0.15) is 0 Å². The van der Waals surface area contributed by atoms with E-state index in [4.69, 9.17) is 14.6 Å². The lowest BCUT2D eigenvalue weighted by Crippen LogP contribution is -2.34. The van der Waals surface area contributed by atoms with Gasteiger partial charge in [-0.25, -0.2) is 9.59 Å². The van der Waals surface area contributed by atoms with Crippen LogP contribution in [0.15, 0.2) is 24.3 Å². The number of carbonyl (C=O) groups is 2. The average Bonchev–Trinajstić information content (AvgIpc) is 3.12. The van der Waals surface area contributed by atoms with Gasteiger partial charge in [0, 0.05) is 0 Å². The molecule has 1 aliphatic heterocycles. The van der Waals surface area contributed by atoms with Crippen LogP contribution in [-0.4, -0.2) is 35.4 Å². The highest BCUT2D eigenvalue weighted by molar-refractivity contribution is 5.92. The molecule has 1 aromatic rings. The molecule has 1 aromatic carbocycles. The van der Waals surface area contributed by atoms with E-state index in [1.165, 1.54) is 24.3 Å². The fourth-order valence-corrected chi connectivity index (χ4v) is 1.56. The fourth-order valence-electron chi connectivity index (χ4n) is 1.56. The standard InChI is InChI=1S/C13H14O5/c1-13(2,10-7-17-10)18-12(16)9-5-3-8(4-6-9)11(14)15/h3-6,10H,7H2,1-2H3,(H,14,15). The van der Waals surface area contributed by atoms with Gasteiger partial charge in [-0.05, 0) is 38.1 Å². The molecule has 1 fully saturated rings. The highest BCUT2D eigenvalue weighted by atomic mass is 16.6. The van der Waals surface area contributed by atoms with Gasteiger partial charge in [-0.1, -0.05) is 0 Å². The van der Waals surface area contributed by atoms with Crippen molar-refractivity contribution in [2.75, 3.05) is 6.61 Å². The fraction of sp³-hybridized carbons (Fsp3) is 0.385. The molecule has 0 bridgehead atoms. The third kappa shape index (κ3) is 2.68. The summed E-state index contributed by atoms with van der Waals surface area (Å²) >= 11 is 0. The lowest BCUT2D eigenvalue weighted by Gasteiger charge is -2.22. The maximum atomic E-state index is 11.8. The van der Waals surface area contributed by atoms with Gasteiger partial charge < -0.3 is 14.6 Å². The van der Waals surface area contributed by atoms with E-state index < -0.39 is 17.5 Å². The largest absolute Gasteiger partial charge is 0.478 e. The van der Waals surface area contributed by atoms with Crippen molar-refractivity contribution in [1.82, 2.24) is 0 Å².